The fourth-order valence-electron chi connectivity index (χ4n) is 3.91. The number of hydrogen-bond acceptors (Lipinski definition) is 4. The minimum atomic E-state index is -0.329. The molecule has 0 radical (unpaired) electrons. The molecule has 1 aliphatic carbocycles. The second-order valence-corrected chi connectivity index (χ2v) is 8.31. The first-order valence-corrected chi connectivity index (χ1v) is 10.9. The molecule has 7 nitrogen and oxygen atoms in total. The van der Waals surface area contributed by atoms with E-state index in [0.717, 1.165) is 24.1 Å². The molecule has 4 rings (SSSR count). The summed E-state index contributed by atoms with van der Waals surface area (Å²) in [4.78, 5) is 40.9. The Labute approximate surface area is 186 Å². The molecule has 2 aromatic carbocycles. The Balaban J connectivity index is 1.49. The molecule has 1 saturated heterocycles. The standard InChI is InChI=1S/C24H27FN4O3/c1-16(30)27-20-8-9-22(28-10-12-29(13-11-28)24(32)18-4-5-18)21(14-20)23(31)26-15-17-2-6-19(25)7-3-17/h2-3,6-9,14,18H,4-5,10-13,15H2,1H3,(H,26,31)(H,27,30). The molecule has 0 spiro atoms. The molecule has 0 atom stereocenters. The van der Waals surface area contributed by atoms with Crippen LogP contribution in [0.3, 0.4) is 0 Å². The fourth-order valence-corrected chi connectivity index (χ4v) is 3.91. The Morgan fingerprint density at radius 3 is 2.31 bits per heavy atom. The lowest BCUT2D eigenvalue weighted by Crippen LogP contribution is -2.49. The molecule has 8 heteroatoms. The maximum absolute atomic E-state index is 13.1. The lowest BCUT2D eigenvalue weighted by Gasteiger charge is -2.37. The Hall–Kier alpha value is -3.42. The zero-order chi connectivity index (χ0) is 22.7. The number of piperazine rings is 1. The smallest absolute Gasteiger partial charge is 0.253 e. The van der Waals surface area contributed by atoms with Gasteiger partial charge in [0.05, 0.1) is 5.56 Å². The van der Waals surface area contributed by atoms with E-state index >= 15 is 0 Å². The first-order valence-electron chi connectivity index (χ1n) is 10.9. The highest BCUT2D eigenvalue weighted by Gasteiger charge is 2.35. The van der Waals surface area contributed by atoms with Crippen molar-refractivity contribution in [1.82, 2.24) is 10.2 Å². The van der Waals surface area contributed by atoms with Crippen molar-refractivity contribution in [2.45, 2.75) is 26.3 Å². The molecule has 1 aliphatic heterocycles. The highest BCUT2D eigenvalue weighted by molar-refractivity contribution is 6.02. The number of benzene rings is 2. The summed E-state index contributed by atoms with van der Waals surface area (Å²) >= 11 is 0. The van der Waals surface area contributed by atoms with Gasteiger partial charge in [0.15, 0.2) is 0 Å². The average Bonchev–Trinajstić information content (AvgIpc) is 3.63. The van der Waals surface area contributed by atoms with Crippen LogP contribution in [0.4, 0.5) is 15.8 Å². The molecule has 2 aromatic rings. The zero-order valence-electron chi connectivity index (χ0n) is 18.1. The number of nitrogens with zero attached hydrogens (tertiary/aromatic N) is 2. The van der Waals surface area contributed by atoms with Crippen molar-refractivity contribution in [2.24, 2.45) is 5.92 Å². The summed E-state index contributed by atoms with van der Waals surface area (Å²) in [6, 6.07) is 11.2. The highest BCUT2D eigenvalue weighted by atomic mass is 19.1. The number of halogens is 1. The normalized spacial score (nSPS) is 15.9. The van der Waals surface area contributed by atoms with Crippen LogP contribution in [0.1, 0.15) is 35.7 Å². The monoisotopic (exact) mass is 438 g/mol. The van der Waals surface area contributed by atoms with Gasteiger partial charge < -0.3 is 20.4 Å². The van der Waals surface area contributed by atoms with Crippen molar-refractivity contribution < 1.29 is 18.8 Å². The van der Waals surface area contributed by atoms with Crippen molar-refractivity contribution in [3.8, 4) is 0 Å². The van der Waals surface area contributed by atoms with E-state index in [-0.39, 0.29) is 36.0 Å². The first-order chi connectivity index (χ1) is 15.4. The molecule has 2 N–H and O–H groups in total. The zero-order valence-corrected chi connectivity index (χ0v) is 18.1. The number of carbonyl (C=O) groups is 3. The van der Waals surface area contributed by atoms with Gasteiger partial charge in [-0.1, -0.05) is 12.1 Å². The van der Waals surface area contributed by atoms with Crippen LogP contribution in [-0.2, 0) is 16.1 Å². The quantitative estimate of drug-likeness (QED) is 0.727. The molecule has 32 heavy (non-hydrogen) atoms. The lowest BCUT2D eigenvalue weighted by atomic mass is 10.1. The molecule has 0 bridgehead atoms. The van der Waals surface area contributed by atoms with Crippen LogP contribution in [0.25, 0.3) is 0 Å². The number of anilines is 2. The van der Waals surface area contributed by atoms with Crippen molar-refractivity contribution in [1.29, 1.82) is 0 Å². The Morgan fingerprint density at radius 2 is 1.69 bits per heavy atom. The predicted octanol–water partition coefficient (Wildman–Crippen LogP) is 2.77. The molecule has 0 aromatic heterocycles. The lowest BCUT2D eigenvalue weighted by molar-refractivity contribution is -0.132. The second-order valence-electron chi connectivity index (χ2n) is 8.31. The minimum absolute atomic E-state index is 0.200. The summed E-state index contributed by atoms with van der Waals surface area (Å²) in [5.74, 6) is -0.394. The minimum Gasteiger partial charge on any atom is -0.367 e. The predicted molar refractivity (Wildman–Crippen MR) is 120 cm³/mol. The van der Waals surface area contributed by atoms with Gasteiger partial charge in [0.2, 0.25) is 11.8 Å². The number of nitrogens with one attached hydrogen (secondary N) is 2. The van der Waals surface area contributed by atoms with Crippen molar-refractivity contribution >= 4 is 29.1 Å². The van der Waals surface area contributed by atoms with Crippen LogP contribution < -0.4 is 15.5 Å². The third-order valence-corrected chi connectivity index (χ3v) is 5.79. The Bertz CT molecular complexity index is 1010. The summed E-state index contributed by atoms with van der Waals surface area (Å²) in [5.41, 5.74) is 2.52. The molecule has 168 valence electrons. The Morgan fingerprint density at radius 1 is 1.00 bits per heavy atom. The van der Waals surface area contributed by atoms with E-state index in [9.17, 15) is 18.8 Å². The molecular weight excluding hydrogens is 411 g/mol. The number of amides is 3. The van der Waals surface area contributed by atoms with Gasteiger partial charge in [-0.25, -0.2) is 4.39 Å². The van der Waals surface area contributed by atoms with Gasteiger partial charge in [0.25, 0.3) is 5.91 Å². The van der Waals surface area contributed by atoms with Gasteiger partial charge >= 0.3 is 0 Å². The van der Waals surface area contributed by atoms with Crippen LogP contribution in [0.5, 0.6) is 0 Å². The van der Waals surface area contributed by atoms with E-state index in [4.69, 9.17) is 0 Å². The summed E-state index contributed by atoms with van der Waals surface area (Å²) in [7, 11) is 0. The van der Waals surface area contributed by atoms with Gasteiger partial charge in [-0.2, -0.15) is 0 Å². The molecule has 1 saturated carbocycles. The molecule has 3 amide bonds. The average molecular weight is 439 g/mol. The second kappa shape index (κ2) is 9.38. The van der Waals surface area contributed by atoms with E-state index in [1.165, 1.54) is 19.1 Å². The summed E-state index contributed by atoms with van der Waals surface area (Å²) in [5, 5.41) is 5.60. The van der Waals surface area contributed by atoms with Crippen LogP contribution in [-0.4, -0.2) is 48.8 Å². The third-order valence-electron chi connectivity index (χ3n) is 5.79. The fraction of sp³-hybridized carbons (Fsp3) is 0.375. The number of hydrogen-bond donors (Lipinski definition) is 2. The molecule has 1 heterocycles. The van der Waals surface area contributed by atoms with Gasteiger partial charge in [-0.3, -0.25) is 14.4 Å². The summed E-state index contributed by atoms with van der Waals surface area (Å²) in [6.45, 7) is 4.19. The highest BCUT2D eigenvalue weighted by Crippen LogP contribution is 2.32. The van der Waals surface area contributed by atoms with Crippen molar-refractivity contribution in [3.63, 3.8) is 0 Å². The topological polar surface area (TPSA) is 81.8 Å². The van der Waals surface area contributed by atoms with E-state index in [1.807, 2.05) is 11.0 Å². The molecular formula is C24H27FN4O3. The molecule has 0 unspecified atom stereocenters. The number of carbonyl (C=O) groups excluding carboxylic acids is 3. The van der Waals surface area contributed by atoms with Gasteiger partial charge in [-0.05, 0) is 48.7 Å². The largest absolute Gasteiger partial charge is 0.367 e. The van der Waals surface area contributed by atoms with Gasteiger partial charge in [-0.15, -0.1) is 0 Å². The molecule has 2 fully saturated rings. The van der Waals surface area contributed by atoms with Crippen LogP contribution in [0, 0.1) is 11.7 Å². The van der Waals surface area contributed by atoms with Gasteiger partial charge in [0, 0.05) is 56.9 Å². The summed E-state index contributed by atoms with van der Waals surface area (Å²) < 4.78 is 13.1. The number of rotatable bonds is 6. The molecule has 2 aliphatic rings. The van der Waals surface area contributed by atoms with E-state index in [0.29, 0.717) is 37.4 Å². The maximum atomic E-state index is 13.1. The van der Waals surface area contributed by atoms with Gasteiger partial charge in [0.1, 0.15) is 5.82 Å². The Kier molecular flexibility index (Phi) is 6.39. The maximum Gasteiger partial charge on any atom is 0.253 e. The first kappa shape index (κ1) is 21.8. The third kappa shape index (κ3) is 5.25. The summed E-state index contributed by atoms with van der Waals surface area (Å²) in [6.07, 6.45) is 1.98. The van der Waals surface area contributed by atoms with E-state index in [2.05, 4.69) is 15.5 Å². The van der Waals surface area contributed by atoms with E-state index < -0.39 is 0 Å². The van der Waals surface area contributed by atoms with Crippen molar-refractivity contribution in [2.75, 3.05) is 36.4 Å². The SMILES string of the molecule is CC(=O)Nc1ccc(N2CCN(C(=O)C3CC3)CC2)c(C(=O)NCc2ccc(F)cc2)c1. The van der Waals surface area contributed by atoms with Crippen LogP contribution >= 0.6 is 0 Å². The van der Waals surface area contributed by atoms with Crippen LogP contribution in [0.15, 0.2) is 42.5 Å². The van der Waals surface area contributed by atoms with Crippen molar-refractivity contribution in [3.05, 3.63) is 59.4 Å². The van der Waals surface area contributed by atoms with E-state index in [1.54, 1.807) is 24.3 Å². The van der Waals surface area contributed by atoms with Crippen LogP contribution in [0.2, 0.25) is 0 Å².